The molecule has 2 heterocycles. The Labute approximate surface area is 169 Å². The molecular weight excluding hydrogens is 373 g/mol. The van der Waals surface area contributed by atoms with Crippen molar-refractivity contribution < 1.29 is 13.9 Å². The molecule has 1 saturated heterocycles. The first-order valence-electron chi connectivity index (χ1n) is 10.2. The standard InChI is InChI=1S/C21H26FN5O2/c1-2-29-19-8-9-23-20(25-19)26-10-3-11-27(13-12-26)21(28)24-18-14-17(18)15-4-6-16(22)7-5-15/h4-9,17-18H,2-3,10-14H2,1H3,(H,24,28)/t17-,18+/m0/s1. The van der Waals surface area contributed by atoms with E-state index in [1.165, 1.54) is 12.1 Å². The number of hydrogen-bond acceptors (Lipinski definition) is 5. The van der Waals surface area contributed by atoms with Crippen LogP contribution in [0.3, 0.4) is 0 Å². The molecule has 0 radical (unpaired) electrons. The fraction of sp³-hybridized carbons (Fsp3) is 0.476. The van der Waals surface area contributed by atoms with E-state index in [0.717, 1.165) is 24.9 Å². The molecule has 2 aromatic rings. The number of ether oxygens (including phenoxy) is 1. The van der Waals surface area contributed by atoms with Crippen LogP contribution >= 0.6 is 0 Å². The molecule has 1 saturated carbocycles. The lowest BCUT2D eigenvalue weighted by molar-refractivity contribution is 0.201. The van der Waals surface area contributed by atoms with Crippen LogP contribution in [0.25, 0.3) is 0 Å². The lowest BCUT2D eigenvalue weighted by atomic mass is 10.1. The van der Waals surface area contributed by atoms with E-state index in [9.17, 15) is 9.18 Å². The predicted molar refractivity (Wildman–Crippen MR) is 108 cm³/mol. The molecule has 2 amide bonds. The van der Waals surface area contributed by atoms with Crippen LogP contribution in [0.1, 0.15) is 31.2 Å². The number of carbonyl (C=O) groups is 1. The number of hydrogen-bond donors (Lipinski definition) is 1. The van der Waals surface area contributed by atoms with Gasteiger partial charge >= 0.3 is 6.03 Å². The number of nitrogens with one attached hydrogen (secondary N) is 1. The molecule has 1 aliphatic carbocycles. The fourth-order valence-electron chi connectivity index (χ4n) is 3.72. The number of carbonyl (C=O) groups excluding carboxylic acids is 1. The van der Waals surface area contributed by atoms with Gasteiger partial charge in [-0.1, -0.05) is 12.1 Å². The van der Waals surface area contributed by atoms with Gasteiger partial charge in [0.1, 0.15) is 5.82 Å². The van der Waals surface area contributed by atoms with Crippen LogP contribution in [0.15, 0.2) is 36.5 Å². The van der Waals surface area contributed by atoms with Crippen molar-refractivity contribution >= 4 is 12.0 Å². The van der Waals surface area contributed by atoms with Crippen molar-refractivity contribution in [3.05, 3.63) is 47.9 Å². The molecule has 0 bridgehead atoms. The minimum Gasteiger partial charge on any atom is -0.478 e. The lowest BCUT2D eigenvalue weighted by Gasteiger charge is -2.22. The maximum atomic E-state index is 13.1. The zero-order chi connectivity index (χ0) is 20.2. The Bertz CT molecular complexity index is 847. The number of nitrogens with zero attached hydrogens (tertiary/aromatic N) is 4. The van der Waals surface area contributed by atoms with Crippen molar-refractivity contribution in [2.24, 2.45) is 0 Å². The van der Waals surface area contributed by atoms with Crippen LogP contribution in [0.5, 0.6) is 5.88 Å². The molecular formula is C21H26FN5O2. The lowest BCUT2D eigenvalue weighted by Crippen LogP contribution is -2.43. The fourth-order valence-corrected chi connectivity index (χ4v) is 3.72. The number of rotatable bonds is 5. The van der Waals surface area contributed by atoms with Crippen molar-refractivity contribution in [1.82, 2.24) is 20.2 Å². The molecule has 0 spiro atoms. The first-order chi connectivity index (χ1) is 14.1. The maximum absolute atomic E-state index is 13.1. The third-order valence-corrected chi connectivity index (χ3v) is 5.37. The van der Waals surface area contributed by atoms with Gasteiger partial charge < -0.3 is 19.9 Å². The highest BCUT2D eigenvalue weighted by molar-refractivity contribution is 5.75. The maximum Gasteiger partial charge on any atom is 0.317 e. The largest absolute Gasteiger partial charge is 0.478 e. The molecule has 2 atom stereocenters. The average molecular weight is 399 g/mol. The van der Waals surface area contributed by atoms with E-state index in [-0.39, 0.29) is 23.8 Å². The van der Waals surface area contributed by atoms with Gasteiger partial charge in [0.05, 0.1) is 6.61 Å². The van der Waals surface area contributed by atoms with E-state index < -0.39 is 0 Å². The summed E-state index contributed by atoms with van der Waals surface area (Å²) in [4.78, 5) is 25.5. The summed E-state index contributed by atoms with van der Waals surface area (Å²) in [5.41, 5.74) is 1.07. The van der Waals surface area contributed by atoms with Gasteiger partial charge in [0, 0.05) is 50.4 Å². The molecule has 8 heteroatoms. The second-order valence-corrected chi connectivity index (χ2v) is 7.41. The summed E-state index contributed by atoms with van der Waals surface area (Å²) >= 11 is 0. The van der Waals surface area contributed by atoms with E-state index >= 15 is 0 Å². The topological polar surface area (TPSA) is 70.6 Å². The van der Waals surface area contributed by atoms with Crippen molar-refractivity contribution in [2.45, 2.75) is 31.7 Å². The third-order valence-electron chi connectivity index (χ3n) is 5.37. The Hall–Kier alpha value is -2.90. The van der Waals surface area contributed by atoms with Crippen molar-refractivity contribution in [3.8, 4) is 5.88 Å². The smallest absolute Gasteiger partial charge is 0.317 e. The highest BCUT2D eigenvalue weighted by atomic mass is 19.1. The van der Waals surface area contributed by atoms with Gasteiger partial charge in [-0.05, 0) is 37.5 Å². The molecule has 2 aliphatic rings. The molecule has 2 fully saturated rings. The quantitative estimate of drug-likeness (QED) is 0.837. The summed E-state index contributed by atoms with van der Waals surface area (Å²) in [7, 11) is 0. The molecule has 29 heavy (non-hydrogen) atoms. The van der Waals surface area contributed by atoms with Crippen molar-refractivity contribution in [1.29, 1.82) is 0 Å². The van der Waals surface area contributed by atoms with Gasteiger partial charge in [0.15, 0.2) is 0 Å². The van der Waals surface area contributed by atoms with E-state index in [4.69, 9.17) is 4.74 Å². The highest BCUT2D eigenvalue weighted by Crippen LogP contribution is 2.40. The zero-order valence-corrected chi connectivity index (χ0v) is 16.6. The highest BCUT2D eigenvalue weighted by Gasteiger charge is 2.40. The number of urea groups is 1. The van der Waals surface area contributed by atoms with Crippen LogP contribution in [-0.2, 0) is 0 Å². The first kappa shape index (κ1) is 19.4. The van der Waals surface area contributed by atoms with Gasteiger partial charge in [-0.25, -0.2) is 14.2 Å². The van der Waals surface area contributed by atoms with Crippen molar-refractivity contribution in [2.75, 3.05) is 37.7 Å². The minimum atomic E-state index is -0.236. The summed E-state index contributed by atoms with van der Waals surface area (Å²) in [6.07, 6.45) is 3.45. The summed E-state index contributed by atoms with van der Waals surface area (Å²) in [6, 6.07) is 8.37. The molecule has 1 aromatic heterocycles. The number of halogens is 1. The Kier molecular flexibility index (Phi) is 5.78. The molecule has 4 rings (SSSR count). The monoisotopic (exact) mass is 399 g/mol. The van der Waals surface area contributed by atoms with Gasteiger partial charge in [0.2, 0.25) is 11.8 Å². The minimum absolute atomic E-state index is 0.0366. The van der Waals surface area contributed by atoms with Gasteiger partial charge in [0.25, 0.3) is 0 Å². The SMILES string of the molecule is CCOc1ccnc(N2CCCN(C(=O)N[C@@H]3C[C@H]3c3ccc(F)cc3)CC2)n1. The number of anilines is 1. The van der Waals surface area contributed by atoms with Crippen LogP contribution in [0, 0.1) is 5.82 Å². The third kappa shape index (κ3) is 4.75. The normalized spacial score (nSPS) is 21.4. The van der Waals surface area contributed by atoms with E-state index in [2.05, 4.69) is 20.2 Å². The number of aromatic nitrogens is 2. The molecule has 154 valence electrons. The second-order valence-electron chi connectivity index (χ2n) is 7.41. The average Bonchev–Trinajstić information content (AvgIpc) is 3.52. The van der Waals surface area contributed by atoms with Gasteiger partial charge in [-0.15, -0.1) is 0 Å². The molecule has 7 nitrogen and oxygen atoms in total. The molecule has 1 N–H and O–H groups in total. The number of benzene rings is 1. The predicted octanol–water partition coefficient (Wildman–Crippen LogP) is 2.79. The summed E-state index contributed by atoms with van der Waals surface area (Å²) in [6.45, 7) is 5.26. The zero-order valence-electron chi connectivity index (χ0n) is 16.6. The van der Waals surface area contributed by atoms with E-state index in [0.29, 0.717) is 38.1 Å². The van der Waals surface area contributed by atoms with Crippen LogP contribution < -0.4 is 15.0 Å². The van der Waals surface area contributed by atoms with Crippen molar-refractivity contribution in [3.63, 3.8) is 0 Å². The summed E-state index contributed by atoms with van der Waals surface area (Å²) < 4.78 is 18.5. The summed E-state index contributed by atoms with van der Waals surface area (Å²) in [5, 5.41) is 3.12. The summed E-state index contributed by atoms with van der Waals surface area (Å²) in [5.74, 6) is 1.24. The second kappa shape index (κ2) is 8.63. The Morgan fingerprint density at radius 3 is 2.83 bits per heavy atom. The van der Waals surface area contributed by atoms with Crippen LogP contribution in [-0.4, -0.2) is 59.7 Å². The van der Waals surface area contributed by atoms with E-state index in [1.54, 1.807) is 24.4 Å². The Morgan fingerprint density at radius 1 is 1.21 bits per heavy atom. The molecule has 1 aromatic carbocycles. The molecule has 0 unspecified atom stereocenters. The molecule has 1 aliphatic heterocycles. The van der Waals surface area contributed by atoms with Crippen LogP contribution in [0.4, 0.5) is 15.1 Å². The van der Waals surface area contributed by atoms with Gasteiger partial charge in [-0.2, -0.15) is 4.98 Å². The number of amides is 2. The Balaban J connectivity index is 1.30. The Morgan fingerprint density at radius 2 is 2.03 bits per heavy atom. The van der Waals surface area contributed by atoms with Gasteiger partial charge in [-0.3, -0.25) is 0 Å². The van der Waals surface area contributed by atoms with Crippen LogP contribution in [0.2, 0.25) is 0 Å². The van der Waals surface area contributed by atoms with E-state index in [1.807, 2.05) is 11.8 Å². The first-order valence-corrected chi connectivity index (χ1v) is 10.2.